The maximum atomic E-state index is 3.56. The fourth-order valence-electron chi connectivity index (χ4n) is 3.56. The minimum atomic E-state index is 0.679. The summed E-state index contributed by atoms with van der Waals surface area (Å²) in [6, 6.07) is 1.42. The Bertz CT molecular complexity index is 205. The SMILES string of the molecule is CCCC(NC)C(CC)N1CCCC(CC)CC1. The summed E-state index contributed by atoms with van der Waals surface area (Å²) in [5, 5.41) is 3.56. The fourth-order valence-corrected chi connectivity index (χ4v) is 3.56. The van der Waals surface area contributed by atoms with Gasteiger partial charge < -0.3 is 5.32 Å². The fraction of sp³-hybridized carbons (Fsp3) is 1.00. The summed E-state index contributed by atoms with van der Waals surface area (Å²) in [6.45, 7) is 9.64. The topological polar surface area (TPSA) is 15.3 Å². The first-order valence-electron chi connectivity index (χ1n) is 8.18. The van der Waals surface area contributed by atoms with Crippen LogP contribution in [0, 0.1) is 5.92 Å². The lowest BCUT2D eigenvalue weighted by Crippen LogP contribution is -2.49. The van der Waals surface area contributed by atoms with Crippen LogP contribution >= 0.6 is 0 Å². The number of nitrogens with zero attached hydrogens (tertiary/aromatic N) is 1. The van der Waals surface area contributed by atoms with Gasteiger partial charge >= 0.3 is 0 Å². The Labute approximate surface area is 115 Å². The van der Waals surface area contributed by atoms with E-state index >= 15 is 0 Å². The smallest absolute Gasteiger partial charge is 0.0246 e. The Morgan fingerprint density at radius 2 is 1.94 bits per heavy atom. The largest absolute Gasteiger partial charge is 0.315 e. The summed E-state index contributed by atoms with van der Waals surface area (Å²) in [5.41, 5.74) is 0. The molecular formula is C16H34N2. The Morgan fingerprint density at radius 3 is 2.50 bits per heavy atom. The molecule has 1 saturated heterocycles. The van der Waals surface area contributed by atoms with Crippen molar-refractivity contribution in [2.24, 2.45) is 5.92 Å². The molecule has 2 nitrogen and oxygen atoms in total. The van der Waals surface area contributed by atoms with Crippen molar-refractivity contribution in [3.05, 3.63) is 0 Å². The first-order chi connectivity index (χ1) is 8.76. The molecule has 1 aliphatic heterocycles. The summed E-state index contributed by atoms with van der Waals surface area (Å²) in [6.07, 6.45) is 9.50. The predicted molar refractivity (Wildman–Crippen MR) is 81.0 cm³/mol. The first kappa shape index (κ1) is 16.0. The molecule has 0 saturated carbocycles. The third-order valence-corrected chi connectivity index (χ3v) is 4.78. The Morgan fingerprint density at radius 1 is 1.17 bits per heavy atom. The quantitative estimate of drug-likeness (QED) is 0.746. The van der Waals surface area contributed by atoms with Crippen LogP contribution in [0.4, 0.5) is 0 Å². The highest BCUT2D eigenvalue weighted by Crippen LogP contribution is 2.23. The number of hydrogen-bond acceptors (Lipinski definition) is 2. The van der Waals surface area contributed by atoms with E-state index < -0.39 is 0 Å². The van der Waals surface area contributed by atoms with Crippen LogP contribution in [0.15, 0.2) is 0 Å². The Hall–Kier alpha value is -0.0800. The highest BCUT2D eigenvalue weighted by atomic mass is 15.2. The van der Waals surface area contributed by atoms with Crippen molar-refractivity contribution in [1.82, 2.24) is 10.2 Å². The highest BCUT2D eigenvalue weighted by Gasteiger charge is 2.26. The van der Waals surface area contributed by atoms with E-state index in [4.69, 9.17) is 0 Å². The summed E-state index contributed by atoms with van der Waals surface area (Å²) in [7, 11) is 2.13. The molecule has 1 heterocycles. The second kappa shape index (κ2) is 8.92. The van der Waals surface area contributed by atoms with Gasteiger partial charge in [-0.2, -0.15) is 0 Å². The van der Waals surface area contributed by atoms with Gasteiger partial charge in [0.25, 0.3) is 0 Å². The van der Waals surface area contributed by atoms with E-state index in [-0.39, 0.29) is 0 Å². The first-order valence-corrected chi connectivity index (χ1v) is 8.18. The summed E-state index contributed by atoms with van der Waals surface area (Å²) >= 11 is 0. The Kier molecular flexibility index (Phi) is 7.92. The van der Waals surface area contributed by atoms with Crippen LogP contribution in [0.3, 0.4) is 0 Å². The van der Waals surface area contributed by atoms with Gasteiger partial charge in [-0.1, -0.05) is 33.6 Å². The molecule has 0 bridgehead atoms. The maximum Gasteiger partial charge on any atom is 0.0246 e. The van der Waals surface area contributed by atoms with Crippen molar-refractivity contribution in [1.29, 1.82) is 0 Å². The van der Waals surface area contributed by atoms with Crippen LogP contribution in [-0.2, 0) is 0 Å². The van der Waals surface area contributed by atoms with E-state index in [1.165, 1.54) is 58.0 Å². The van der Waals surface area contributed by atoms with E-state index in [1.807, 2.05) is 0 Å². The number of nitrogens with one attached hydrogen (secondary N) is 1. The predicted octanol–water partition coefficient (Wildman–Crippen LogP) is 3.67. The molecule has 0 aromatic rings. The van der Waals surface area contributed by atoms with Gasteiger partial charge in [0, 0.05) is 12.1 Å². The van der Waals surface area contributed by atoms with Gasteiger partial charge in [0.15, 0.2) is 0 Å². The molecule has 0 aliphatic carbocycles. The highest BCUT2D eigenvalue weighted by molar-refractivity contribution is 4.84. The molecule has 0 amide bonds. The molecule has 0 spiro atoms. The second-order valence-corrected chi connectivity index (χ2v) is 5.90. The van der Waals surface area contributed by atoms with Crippen LogP contribution in [0.1, 0.15) is 65.7 Å². The molecule has 1 rings (SSSR count). The van der Waals surface area contributed by atoms with Gasteiger partial charge in [0.2, 0.25) is 0 Å². The zero-order valence-electron chi connectivity index (χ0n) is 13.0. The number of likely N-dealkylation sites (tertiary alicyclic amines) is 1. The van der Waals surface area contributed by atoms with Crippen LogP contribution in [0.2, 0.25) is 0 Å². The molecule has 3 unspecified atom stereocenters. The van der Waals surface area contributed by atoms with Gasteiger partial charge in [-0.25, -0.2) is 0 Å². The zero-order valence-corrected chi connectivity index (χ0v) is 13.0. The molecule has 3 atom stereocenters. The zero-order chi connectivity index (χ0) is 13.4. The van der Waals surface area contributed by atoms with E-state index in [0.29, 0.717) is 6.04 Å². The molecule has 1 fully saturated rings. The van der Waals surface area contributed by atoms with E-state index in [1.54, 1.807) is 0 Å². The van der Waals surface area contributed by atoms with Crippen LogP contribution < -0.4 is 5.32 Å². The molecular weight excluding hydrogens is 220 g/mol. The van der Waals surface area contributed by atoms with Crippen LogP contribution in [-0.4, -0.2) is 37.1 Å². The van der Waals surface area contributed by atoms with Crippen molar-refractivity contribution in [3.8, 4) is 0 Å². The van der Waals surface area contributed by atoms with Gasteiger partial charge in [-0.3, -0.25) is 4.90 Å². The molecule has 108 valence electrons. The molecule has 0 aromatic heterocycles. The minimum absolute atomic E-state index is 0.679. The Balaban J connectivity index is 2.57. The molecule has 18 heavy (non-hydrogen) atoms. The third-order valence-electron chi connectivity index (χ3n) is 4.78. The van der Waals surface area contributed by atoms with Gasteiger partial charge in [-0.05, 0) is 58.2 Å². The normalized spacial score (nSPS) is 25.7. The monoisotopic (exact) mass is 254 g/mol. The lowest BCUT2D eigenvalue weighted by atomic mass is 9.97. The molecule has 0 radical (unpaired) electrons. The van der Waals surface area contributed by atoms with E-state index in [0.717, 1.165) is 12.0 Å². The van der Waals surface area contributed by atoms with Gasteiger partial charge in [0.1, 0.15) is 0 Å². The van der Waals surface area contributed by atoms with Crippen molar-refractivity contribution in [2.75, 3.05) is 20.1 Å². The van der Waals surface area contributed by atoms with Gasteiger partial charge in [-0.15, -0.1) is 0 Å². The van der Waals surface area contributed by atoms with Crippen molar-refractivity contribution in [3.63, 3.8) is 0 Å². The molecule has 1 N–H and O–H groups in total. The molecule has 1 aliphatic rings. The number of hydrogen-bond donors (Lipinski definition) is 1. The lowest BCUT2D eigenvalue weighted by molar-refractivity contribution is 0.153. The van der Waals surface area contributed by atoms with Crippen molar-refractivity contribution >= 4 is 0 Å². The standard InChI is InChI=1S/C16H34N2/c1-5-9-15(17-4)16(7-3)18-12-8-10-14(6-2)11-13-18/h14-17H,5-13H2,1-4H3. The lowest BCUT2D eigenvalue weighted by Gasteiger charge is -2.36. The second-order valence-electron chi connectivity index (χ2n) is 5.90. The summed E-state index contributed by atoms with van der Waals surface area (Å²) < 4.78 is 0. The summed E-state index contributed by atoms with van der Waals surface area (Å²) in [4.78, 5) is 2.77. The minimum Gasteiger partial charge on any atom is -0.315 e. The van der Waals surface area contributed by atoms with E-state index in [2.05, 4.69) is 38.0 Å². The van der Waals surface area contributed by atoms with Crippen LogP contribution in [0.5, 0.6) is 0 Å². The average molecular weight is 254 g/mol. The van der Waals surface area contributed by atoms with E-state index in [9.17, 15) is 0 Å². The number of likely N-dealkylation sites (N-methyl/N-ethyl adjacent to an activating group) is 1. The third kappa shape index (κ3) is 4.55. The molecule has 0 aromatic carbocycles. The van der Waals surface area contributed by atoms with Gasteiger partial charge in [0.05, 0.1) is 0 Å². The number of rotatable bonds is 7. The van der Waals surface area contributed by atoms with Crippen molar-refractivity contribution < 1.29 is 0 Å². The summed E-state index contributed by atoms with van der Waals surface area (Å²) in [5.74, 6) is 0.978. The van der Waals surface area contributed by atoms with Crippen molar-refractivity contribution in [2.45, 2.75) is 77.8 Å². The van der Waals surface area contributed by atoms with Crippen LogP contribution in [0.25, 0.3) is 0 Å². The molecule has 2 heteroatoms. The average Bonchev–Trinajstić information content (AvgIpc) is 2.64. The maximum absolute atomic E-state index is 3.56.